The topological polar surface area (TPSA) is 73.8 Å². The molecule has 28 heavy (non-hydrogen) atoms. The number of benzene rings is 2. The number of nitrogens with two attached hydrogens (primary N) is 1. The number of fused-ring (bicyclic) bond motifs is 3. The molecule has 0 aliphatic carbocycles. The van der Waals surface area contributed by atoms with Gasteiger partial charge in [-0.25, -0.2) is 9.97 Å². The maximum Gasteiger partial charge on any atom is 0.152 e. The molecule has 0 bridgehead atoms. The fourth-order valence-corrected chi connectivity index (χ4v) is 3.78. The molecule has 0 saturated heterocycles. The van der Waals surface area contributed by atoms with Gasteiger partial charge in [-0.05, 0) is 17.4 Å². The van der Waals surface area contributed by atoms with Crippen molar-refractivity contribution in [3.8, 4) is 0 Å². The van der Waals surface area contributed by atoms with Gasteiger partial charge in [-0.2, -0.15) is 12.6 Å². The second kappa shape index (κ2) is 8.02. The van der Waals surface area contributed by atoms with Crippen molar-refractivity contribution in [1.29, 1.82) is 0 Å². The quantitative estimate of drug-likeness (QED) is 0.467. The number of nitrogens with zero attached hydrogens (tertiary/aromatic N) is 3. The summed E-state index contributed by atoms with van der Waals surface area (Å²) < 4.78 is 2.18. The van der Waals surface area contributed by atoms with Gasteiger partial charge in [0, 0.05) is 31.2 Å². The van der Waals surface area contributed by atoms with Crippen LogP contribution in [0.15, 0.2) is 54.6 Å². The van der Waals surface area contributed by atoms with Crippen LogP contribution in [0.1, 0.15) is 24.2 Å². The highest BCUT2D eigenvalue weighted by atomic mass is 32.1. The first-order valence-electron chi connectivity index (χ1n) is 9.37. The molecule has 0 amide bonds. The Balaban J connectivity index is 1.87. The zero-order valence-corrected chi connectivity index (χ0v) is 16.4. The lowest BCUT2D eigenvalue weighted by molar-refractivity contribution is -0.118. The Kier molecular flexibility index (Phi) is 5.30. The molecule has 2 heterocycles. The van der Waals surface area contributed by atoms with Crippen molar-refractivity contribution in [3.63, 3.8) is 0 Å². The van der Waals surface area contributed by atoms with E-state index in [0.717, 1.165) is 22.2 Å². The smallest absolute Gasteiger partial charge is 0.152 e. The summed E-state index contributed by atoms with van der Waals surface area (Å²) in [6.07, 6.45) is 1.50. The van der Waals surface area contributed by atoms with Gasteiger partial charge >= 0.3 is 0 Å². The molecule has 0 fully saturated rings. The summed E-state index contributed by atoms with van der Waals surface area (Å²) in [5, 5.41) is 1.02. The molecule has 0 saturated carbocycles. The Labute approximate surface area is 169 Å². The maximum absolute atomic E-state index is 12.1. The van der Waals surface area contributed by atoms with Gasteiger partial charge in [-0.3, -0.25) is 4.79 Å². The minimum atomic E-state index is 0.198. The summed E-state index contributed by atoms with van der Waals surface area (Å²) >= 11 is 4.15. The van der Waals surface area contributed by atoms with Gasteiger partial charge in [0.05, 0.1) is 11.0 Å². The SMILES string of the molecule is Nc1nc2ccccc2c2c1nc(CCC(=O)CCS)n2Cc1ccccc1. The Hall–Kier alpha value is -2.86. The van der Waals surface area contributed by atoms with Crippen molar-refractivity contribution < 1.29 is 4.79 Å². The number of carbonyl (C=O) groups is 1. The van der Waals surface area contributed by atoms with Crippen molar-refractivity contribution in [3.05, 3.63) is 66.0 Å². The van der Waals surface area contributed by atoms with E-state index in [9.17, 15) is 4.79 Å². The molecule has 0 aliphatic heterocycles. The van der Waals surface area contributed by atoms with E-state index in [-0.39, 0.29) is 5.78 Å². The lowest BCUT2D eigenvalue weighted by atomic mass is 10.1. The minimum absolute atomic E-state index is 0.198. The van der Waals surface area contributed by atoms with E-state index in [2.05, 4.69) is 34.3 Å². The zero-order valence-electron chi connectivity index (χ0n) is 15.5. The predicted molar refractivity (Wildman–Crippen MR) is 117 cm³/mol. The molecular weight excluding hydrogens is 368 g/mol. The molecule has 2 aromatic carbocycles. The van der Waals surface area contributed by atoms with E-state index in [4.69, 9.17) is 10.7 Å². The highest BCUT2D eigenvalue weighted by molar-refractivity contribution is 7.80. The van der Waals surface area contributed by atoms with E-state index in [1.807, 2.05) is 42.5 Å². The number of Topliss-reactive ketones (excluding diaryl/α,β-unsaturated/α-hetero) is 1. The van der Waals surface area contributed by atoms with E-state index in [1.165, 1.54) is 5.56 Å². The maximum atomic E-state index is 12.1. The molecule has 0 atom stereocenters. The third-order valence-corrected chi connectivity index (χ3v) is 5.11. The standard InChI is InChI=1S/C22H22N4OS/c23-22-20-21(17-8-4-5-9-18(17)24-22)26(14-15-6-2-1-3-7-15)19(25-20)11-10-16(27)12-13-28/h1-9,28H,10-14H2,(H2,23,24). The number of ketones is 1. The fourth-order valence-electron chi connectivity index (χ4n) is 3.53. The van der Waals surface area contributed by atoms with Gasteiger partial charge in [-0.15, -0.1) is 0 Å². The largest absolute Gasteiger partial charge is 0.382 e. The number of pyridine rings is 1. The molecule has 0 radical (unpaired) electrons. The van der Waals surface area contributed by atoms with E-state index < -0.39 is 0 Å². The summed E-state index contributed by atoms with van der Waals surface area (Å²) in [6.45, 7) is 0.668. The van der Waals surface area contributed by atoms with Gasteiger partial charge in [0.1, 0.15) is 17.1 Å². The third kappa shape index (κ3) is 3.60. The average molecular weight is 391 g/mol. The third-order valence-electron chi connectivity index (χ3n) is 4.89. The van der Waals surface area contributed by atoms with Crippen molar-refractivity contribution in [2.45, 2.75) is 25.8 Å². The Bertz CT molecular complexity index is 1140. The summed E-state index contributed by atoms with van der Waals surface area (Å²) in [5.41, 5.74) is 9.93. The number of aromatic nitrogens is 3. The zero-order chi connectivity index (χ0) is 19.5. The molecule has 142 valence electrons. The van der Waals surface area contributed by atoms with Gasteiger partial charge in [0.15, 0.2) is 5.82 Å². The number of rotatable bonds is 7. The van der Waals surface area contributed by atoms with Gasteiger partial charge in [-0.1, -0.05) is 48.5 Å². The molecule has 0 unspecified atom stereocenters. The first-order chi connectivity index (χ1) is 13.7. The molecule has 6 heteroatoms. The van der Waals surface area contributed by atoms with Crippen LogP contribution >= 0.6 is 12.6 Å². The van der Waals surface area contributed by atoms with Crippen molar-refractivity contribution >= 4 is 46.2 Å². The highest BCUT2D eigenvalue weighted by Crippen LogP contribution is 2.29. The number of thiol groups is 1. The van der Waals surface area contributed by atoms with Crippen LogP contribution in [-0.2, 0) is 17.8 Å². The number of aryl methyl sites for hydroxylation is 1. The first kappa shape index (κ1) is 18.5. The van der Waals surface area contributed by atoms with Crippen LogP contribution in [0.3, 0.4) is 0 Å². The molecule has 4 rings (SSSR count). The van der Waals surface area contributed by atoms with Crippen molar-refractivity contribution in [2.75, 3.05) is 11.5 Å². The van der Waals surface area contributed by atoms with Crippen LogP contribution in [0.2, 0.25) is 0 Å². The van der Waals surface area contributed by atoms with Gasteiger partial charge < -0.3 is 10.3 Å². The van der Waals surface area contributed by atoms with Gasteiger partial charge in [0.25, 0.3) is 0 Å². The van der Waals surface area contributed by atoms with E-state index >= 15 is 0 Å². The Morgan fingerprint density at radius 1 is 1.00 bits per heavy atom. The van der Waals surface area contributed by atoms with Gasteiger partial charge in [0.2, 0.25) is 0 Å². The number of anilines is 1. The highest BCUT2D eigenvalue weighted by Gasteiger charge is 2.18. The summed E-state index contributed by atoms with van der Waals surface area (Å²) in [6, 6.07) is 18.2. The fraction of sp³-hybridized carbons (Fsp3) is 0.227. The van der Waals surface area contributed by atoms with Crippen LogP contribution in [0.4, 0.5) is 5.82 Å². The average Bonchev–Trinajstić information content (AvgIpc) is 3.07. The normalized spacial score (nSPS) is 11.3. The molecule has 0 spiro atoms. The number of hydrogen-bond donors (Lipinski definition) is 2. The molecular formula is C22H22N4OS. The van der Waals surface area contributed by atoms with Crippen LogP contribution in [0.5, 0.6) is 0 Å². The summed E-state index contributed by atoms with van der Waals surface area (Å²) in [5.74, 6) is 2.05. The summed E-state index contributed by atoms with van der Waals surface area (Å²) in [4.78, 5) is 21.4. The number of para-hydroxylation sites is 1. The van der Waals surface area contributed by atoms with Crippen LogP contribution in [0, 0.1) is 0 Å². The number of imidazole rings is 1. The van der Waals surface area contributed by atoms with Crippen molar-refractivity contribution in [2.24, 2.45) is 0 Å². The van der Waals surface area contributed by atoms with E-state index in [1.54, 1.807) is 0 Å². The van der Waals surface area contributed by atoms with E-state index in [0.29, 0.717) is 42.9 Å². The molecule has 5 nitrogen and oxygen atoms in total. The molecule has 2 aromatic heterocycles. The number of nitrogen functional groups attached to an aromatic ring is 1. The lowest BCUT2D eigenvalue weighted by Gasteiger charge is -2.11. The predicted octanol–water partition coefficient (Wildman–Crippen LogP) is 4.04. The molecule has 2 N–H and O–H groups in total. The molecule has 4 aromatic rings. The minimum Gasteiger partial charge on any atom is -0.382 e. The Morgan fingerprint density at radius 3 is 2.54 bits per heavy atom. The Morgan fingerprint density at radius 2 is 1.75 bits per heavy atom. The lowest BCUT2D eigenvalue weighted by Crippen LogP contribution is -2.08. The van der Waals surface area contributed by atoms with Crippen LogP contribution in [0.25, 0.3) is 21.9 Å². The summed E-state index contributed by atoms with van der Waals surface area (Å²) in [7, 11) is 0. The number of hydrogen-bond acceptors (Lipinski definition) is 5. The number of carbonyl (C=O) groups excluding carboxylic acids is 1. The first-order valence-corrected chi connectivity index (χ1v) is 10.0. The van der Waals surface area contributed by atoms with Crippen molar-refractivity contribution in [1.82, 2.24) is 14.5 Å². The second-order valence-corrected chi connectivity index (χ2v) is 7.27. The van der Waals surface area contributed by atoms with Crippen LogP contribution in [-0.4, -0.2) is 26.1 Å². The monoisotopic (exact) mass is 390 g/mol. The second-order valence-electron chi connectivity index (χ2n) is 6.82. The van der Waals surface area contributed by atoms with Crippen LogP contribution < -0.4 is 5.73 Å². The molecule has 0 aliphatic rings.